The van der Waals surface area contributed by atoms with Gasteiger partial charge in [-0.1, -0.05) is 0 Å². The molecule has 5 nitrogen and oxygen atoms in total. The number of rotatable bonds is 4. The lowest BCUT2D eigenvalue weighted by atomic mass is 10.0. The van der Waals surface area contributed by atoms with Crippen molar-refractivity contribution in [2.75, 3.05) is 25.0 Å². The quantitative estimate of drug-likeness (QED) is 0.879. The van der Waals surface area contributed by atoms with Crippen LogP contribution >= 0.6 is 15.9 Å². The predicted molar refractivity (Wildman–Crippen MR) is 79.0 cm³/mol. The third-order valence-electron chi connectivity index (χ3n) is 3.35. The van der Waals surface area contributed by atoms with Crippen molar-refractivity contribution in [1.82, 2.24) is 9.88 Å². The molecule has 1 aromatic rings. The molecule has 0 radical (unpaired) electrons. The van der Waals surface area contributed by atoms with Crippen molar-refractivity contribution in [2.24, 2.45) is 5.73 Å². The van der Waals surface area contributed by atoms with Crippen molar-refractivity contribution in [3.8, 4) is 0 Å². The topological polar surface area (TPSA) is 71.2 Å². The Morgan fingerprint density at radius 2 is 2.26 bits per heavy atom. The Morgan fingerprint density at radius 1 is 1.58 bits per heavy atom. The minimum absolute atomic E-state index is 0.253. The fraction of sp³-hybridized carbons (Fsp3) is 0.538. The van der Waals surface area contributed by atoms with Crippen LogP contribution in [0.5, 0.6) is 0 Å². The highest BCUT2D eigenvalue weighted by molar-refractivity contribution is 9.10. The summed E-state index contributed by atoms with van der Waals surface area (Å²) >= 11 is 3.41. The van der Waals surface area contributed by atoms with Crippen LogP contribution in [-0.2, 0) is 4.79 Å². The lowest BCUT2D eigenvalue weighted by Gasteiger charge is -2.32. The van der Waals surface area contributed by atoms with E-state index in [1.165, 1.54) is 0 Å². The average molecular weight is 327 g/mol. The fourth-order valence-corrected chi connectivity index (χ4v) is 2.79. The zero-order chi connectivity index (χ0) is 13.8. The van der Waals surface area contributed by atoms with Gasteiger partial charge in [0.25, 0.3) is 0 Å². The maximum atomic E-state index is 10.9. The van der Waals surface area contributed by atoms with Gasteiger partial charge in [-0.3, -0.25) is 9.69 Å². The van der Waals surface area contributed by atoms with Crippen molar-refractivity contribution in [2.45, 2.75) is 25.8 Å². The van der Waals surface area contributed by atoms with Crippen molar-refractivity contribution < 1.29 is 4.79 Å². The molecule has 0 aromatic carbocycles. The fourth-order valence-electron chi connectivity index (χ4n) is 2.34. The van der Waals surface area contributed by atoms with Crippen molar-refractivity contribution in [1.29, 1.82) is 0 Å². The van der Waals surface area contributed by atoms with E-state index in [0.29, 0.717) is 12.6 Å². The van der Waals surface area contributed by atoms with Crippen LogP contribution in [0.2, 0.25) is 0 Å². The summed E-state index contributed by atoms with van der Waals surface area (Å²) in [6, 6.07) is 2.47. The van der Waals surface area contributed by atoms with Crippen LogP contribution in [0.3, 0.4) is 0 Å². The molecule has 0 unspecified atom stereocenters. The maximum Gasteiger partial charge on any atom is 0.231 e. The number of amides is 1. The van der Waals surface area contributed by atoms with Crippen LogP contribution in [0, 0.1) is 6.92 Å². The Kier molecular flexibility index (Phi) is 4.76. The van der Waals surface area contributed by atoms with Crippen molar-refractivity contribution in [3.63, 3.8) is 0 Å². The molecule has 19 heavy (non-hydrogen) atoms. The molecule has 1 aromatic heterocycles. The van der Waals surface area contributed by atoms with E-state index < -0.39 is 0 Å². The number of nitrogens with zero attached hydrogens (tertiary/aromatic N) is 2. The molecule has 0 spiro atoms. The van der Waals surface area contributed by atoms with E-state index in [0.717, 1.165) is 41.8 Å². The number of hydrogen-bond acceptors (Lipinski definition) is 4. The molecule has 1 fully saturated rings. The number of pyridine rings is 1. The van der Waals surface area contributed by atoms with Gasteiger partial charge in [0.1, 0.15) is 5.82 Å². The third kappa shape index (κ3) is 4.18. The molecule has 0 atom stereocenters. The zero-order valence-corrected chi connectivity index (χ0v) is 12.6. The molecule has 1 amide bonds. The van der Waals surface area contributed by atoms with Gasteiger partial charge in [-0.25, -0.2) is 4.98 Å². The normalized spacial score (nSPS) is 17.4. The summed E-state index contributed by atoms with van der Waals surface area (Å²) in [7, 11) is 0. The largest absolute Gasteiger partial charge is 0.369 e. The molecule has 104 valence electrons. The molecule has 1 aliphatic rings. The Labute approximate surface area is 121 Å². The van der Waals surface area contributed by atoms with E-state index in [1.807, 2.05) is 6.92 Å². The second-order valence-corrected chi connectivity index (χ2v) is 5.90. The van der Waals surface area contributed by atoms with E-state index in [2.05, 4.69) is 37.2 Å². The van der Waals surface area contributed by atoms with Gasteiger partial charge < -0.3 is 11.1 Å². The van der Waals surface area contributed by atoms with Crippen LogP contribution < -0.4 is 11.1 Å². The van der Waals surface area contributed by atoms with Gasteiger partial charge in [0.15, 0.2) is 0 Å². The predicted octanol–water partition coefficient (Wildman–Crippen LogP) is 1.51. The van der Waals surface area contributed by atoms with Crippen LogP contribution in [0.15, 0.2) is 16.7 Å². The van der Waals surface area contributed by atoms with Gasteiger partial charge in [-0.05, 0) is 47.3 Å². The first-order valence-corrected chi connectivity index (χ1v) is 7.23. The monoisotopic (exact) mass is 326 g/mol. The SMILES string of the molecule is Cc1cc(Br)cnc1NC1CCN(CC(N)=O)CC1. The van der Waals surface area contributed by atoms with Crippen LogP contribution in [0.25, 0.3) is 0 Å². The van der Waals surface area contributed by atoms with Crippen LogP contribution in [-0.4, -0.2) is 41.5 Å². The molecule has 0 aliphatic carbocycles. The lowest BCUT2D eigenvalue weighted by molar-refractivity contribution is -0.119. The van der Waals surface area contributed by atoms with E-state index in [9.17, 15) is 4.79 Å². The number of halogens is 1. The number of anilines is 1. The molecule has 0 saturated carbocycles. The summed E-state index contributed by atoms with van der Waals surface area (Å²) in [5, 5.41) is 3.48. The molecular weight excluding hydrogens is 308 g/mol. The highest BCUT2D eigenvalue weighted by Crippen LogP contribution is 2.20. The maximum absolute atomic E-state index is 10.9. The lowest BCUT2D eigenvalue weighted by Crippen LogP contribution is -2.43. The van der Waals surface area contributed by atoms with Crippen molar-refractivity contribution >= 4 is 27.7 Å². The summed E-state index contributed by atoms with van der Waals surface area (Å²) in [5.74, 6) is 0.688. The second kappa shape index (κ2) is 6.34. The minimum Gasteiger partial charge on any atom is -0.369 e. The van der Waals surface area contributed by atoms with E-state index in [4.69, 9.17) is 5.73 Å². The van der Waals surface area contributed by atoms with Gasteiger partial charge in [0, 0.05) is 29.8 Å². The number of carbonyl (C=O) groups excluding carboxylic acids is 1. The Hall–Kier alpha value is -1.14. The molecule has 0 bridgehead atoms. The van der Waals surface area contributed by atoms with Gasteiger partial charge in [-0.15, -0.1) is 0 Å². The number of likely N-dealkylation sites (tertiary alicyclic amines) is 1. The number of nitrogens with two attached hydrogens (primary N) is 1. The summed E-state index contributed by atoms with van der Waals surface area (Å²) in [6.07, 6.45) is 3.81. The number of piperidine rings is 1. The van der Waals surface area contributed by atoms with Crippen molar-refractivity contribution in [3.05, 3.63) is 22.3 Å². The van der Waals surface area contributed by atoms with E-state index in [1.54, 1.807) is 6.20 Å². The number of hydrogen-bond donors (Lipinski definition) is 2. The number of carbonyl (C=O) groups is 1. The average Bonchev–Trinajstić information content (AvgIpc) is 2.34. The first kappa shape index (κ1) is 14.3. The number of aromatic nitrogens is 1. The Balaban J connectivity index is 1.87. The first-order valence-electron chi connectivity index (χ1n) is 6.44. The molecule has 6 heteroatoms. The minimum atomic E-state index is -0.253. The molecule has 2 heterocycles. The van der Waals surface area contributed by atoms with E-state index in [-0.39, 0.29) is 5.91 Å². The Morgan fingerprint density at radius 3 is 2.84 bits per heavy atom. The van der Waals surface area contributed by atoms with E-state index >= 15 is 0 Å². The Bertz CT molecular complexity index is 458. The van der Waals surface area contributed by atoms with Gasteiger partial charge in [-0.2, -0.15) is 0 Å². The zero-order valence-electron chi connectivity index (χ0n) is 11.0. The number of nitrogens with one attached hydrogen (secondary N) is 1. The number of aryl methyl sites for hydroxylation is 1. The van der Waals surface area contributed by atoms with Crippen LogP contribution in [0.1, 0.15) is 18.4 Å². The highest BCUT2D eigenvalue weighted by Gasteiger charge is 2.20. The number of primary amides is 1. The molecule has 3 N–H and O–H groups in total. The standard InChI is InChI=1S/C13H19BrN4O/c1-9-6-10(14)7-16-13(9)17-11-2-4-18(5-3-11)8-12(15)19/h6-7,11H,2-5,8H2,1H3,(H2,15,19)(H,16,17). The van der Waals surface area contributed by atoms with Gasteiger partial charge in [0.2, 0.25) is 5.91 Å². The second-order valence-electron chi connectivity index (χ2n) is 4.98. The summed E-state index contributed by atoms with van der Waals surface area (Å²) in [4.78, 5) is 17.4. The molecular formula is C13H19BrN4O. The molecule has 1 saturated heterocycles. The van der Waals surface area contributed by atoms with Gasteiger partial charge >= 0.3 is 0 Å². The molecule has 2 rings (SSSR count). The smallest absolute Gasteiger partial charge is 0.231 e. The van der Waals surface area contributed by atoms with Crippen LogP contribution in [0.4, 0.5) is 5.82 Å². The third-order valence-corrected chi connectivity index (χ3v) is 3.79. The van der Waals surface area contributed by atoms with Gasteiger partial charge in [0.05, 0.1) is 6.54 Å². The summed E-state index contributed by atoms with van der Waals surface area (Å²) < 4.78 is 0.992. The summed E-state index contributed by atoms with van der Waals surface area (Å²) in [5.41, 5.74) is 6.34. The highest BCUT2D eigenvalue weighted by atomic mass is 79.9. The molecule has 1 aliphatic heterocycles. The first-order chi connectivity index (χ1) is 9.04. The summed E-state index contributed by atoms with van der Waals surface area (Å²) in [6.45, 7) is 4.21.